The first kappa shape index (κ1) is 19.3. The van der Waals surface area contributed by atoms with E-state index >= 15 is 0 Å². The van der Waals surface area contributed by atoms with Crippen LogP contribution in [-0.2, 0) is 9.53 Å². The number of ketones is 1. The van der Waals surface area contributed by atoms with Gasteiger partial charge >= 0.3 is 5.97 Å². The highest BCUT2D eigenvalue weighted by Gasteiger charge is 2.18. The molecule has 0 aliphatic rings. The summed E-state index contributed by atoms with van der Waals surface area (Å²) in [4.78, 5) is 23.7. The number of phenols is 1. The molecule has 0 radical (unpaired) electrons. The molecule has 2 aromatic carbocycles. The third-order valence-electron chi connectivity index (χ3n) is 3.40. The van der Waals surface area contributed by atoms with Crippen molar-refractivity contribution >= 4 is 23.4 Å². The summed E-state index contributed by atoms with van der Waals surface area (Å²) in [5, 5.41) is 19.8. The van der Waals surface area contributed by atoms with E-state index in [9.17, 15) is 20.0 Å². The van der Waals surface area contributed by atoms with Gasteiger partial charge in [0.05, 0.1) is 24.2 Å². The number of benzene rings is 2. The molecule has 0 spiro atoms. The van der Waals surface area contributed by atoms with E-state index in [4.69, 9.17) is 21.1 Å². The van der Waals surface area contributed by atoms with E-state index < -0.39 is 17.5 Å². The lowest BCUT2D eigenvalue weighted by molar-refractivity contribution is -0.143. The molecule has 0 aliphatic carbocycles. The first-order chi connectivity index (χ1) is 12.4. The summed E-state index contributed by atoms with van der Waals surface area (Å²) in [5.41, 5.74) is -0.200. The molecule has 2 rings (SSSR count). The van der Waals surface area contributed by atoms with Gasteiger partial charge in [-0.05, 0) is 31.2 Å². The molecule has 0 aliphatic heterocycles. The Hall–Kier alpha value is -3.04. The van der Waals surface area contributed by atoms with Crippen LogP contribution < -0.4 is 4.74 Å². The first-order valence-corrected chi connectivity index (χ1v) is 8.21. The summed E-state index contributed by atoms with van der Waals surface area (Å²) in [6.45, 7) is 1.89. The molecule has 0 fully saturated rings. The molecule has 134 valence electrons. The summed E-state index contributed by atoms with van der Waals surface area (Å²) in [6.07, 6.45) is -0.273. The van der Waals surface area contributed by atoms with Crippen LogP contribution in [-0.4, -0.2) is 23.5 Å². The number of nitriles is 1. The average molecular weight is 374 g/mol. The predicted octanol–water partition coefficient (Wildman–Crippen LogP) is 4.24. The largest absolute Gasteiger partial charge is 0.506 e. The molecule has 6 nitrogen and oxygen atoms in total. The molecule has 0 unspecified atom stereocenters. The summed E-state index contributed by atoms with van der Waals surface area (Å²) < 4.78 is 10.4. The van der Waals surface area contributed by atoms with Crippen molar-refractivity contribution in [3.05, 3.63) is 52.5 Å². The quantitative estimate of drug-likeness (QED) is 0.576. The van der Waals surface area contributed by atoms with Crippen molar-refractivity contribution in [1.29, 1.82) is 5.26 Å². The standard InChI is InChI=1S/C19H16ClNO5/c1-2-25-18(23)7-6-17(22)16-10-15(8-12(11-21)19(16)24)26-14-5-3-4-13(20)9-14/h3-5,8-10,24H,2,6-7H2,1H3. The number of Topliss-reactive ketones (excluding diaryl/α,β-unsaturated/α-hetero) is 1. The Kier molecular flexibility index (Phi) is 6.59. The van der Waals surface area contributed by atoms with Gasteiger partial charge in [0.15, 0.2) is 5.78 Å². The van der Waals surface area contributed by atoms with Gasteiger partial charge in [0.1, 0.15) is 23.3 Å². The minimum absolute atomic E-state index is 0.0922. The van der Waals surface area contributed by atoms with E-state index in [2.05, 4.69) is 0 Å². The molecular formula is C19H16ClNO5. The van der Waals surface area contributed by atoms with Crippen molar-refractivity contribution in [3.8, 4) is 23.3 Å². The van der Waals surface area contributed by atoms with Crippen LogP contribution in [0, 0.1) is 11.3 Å². The Balaban J connectivity index is 2.27. The molecule has 0 bridgehead atoms. The van der Waals surface area contributed by atoms with Crippen LogP contribution in [0.5, 0.6) is 17.2 Å². The van der Waals surface area contributed by atoms with Gasteiger partial charge in [-0.1, -0.05) is 17.7 Å². The molecule has 1 N–H and O–H groups in total. The molecule has 0 amide bonds. The van der Waals surface area contributed by atoms with Crippen molar-refractivity contribution < 1.29 is 24.2 Å². The van der Waals surface area contributed by atoms with E-state index in [-0.39, 0.29) is 36.3 Å². The average Bonchev–Trinajstić information content (AvgIpc) is 2.61. The summed E-state index contributed by atoms with van der Waals surface area (Å²) in [6, 6.07) is 11.1. The van der Waals surface area contributed by atoms with Crippen LogP contribution in [0.4, 0.5) is 0 Å². The van der Waals surface area contributed by atoms with Crippen molar-refractivity contribution in [1.82, 2.24) is 0 Å². The second kappa shape index (κ2) is 8.88. The maximum Gasteiger partial charge on any atom is 0.306 e. The maximum atomic E-state index is 12.3. The second-order valence-electron chi connectivity index (χ2n) is 5.27. The zero-order chi connectivity index (χ0) is 19.1. The number of ether oxygens (including phenoxy) is 2. The van der Waals surface area contributed by atoms with E-state index in [1.165, 1.54) is 12.1 Å². The fourth-order valence-electron chi connectivity index (χ4n) is 2.21. The van der Waals surface area contributed by atoms with Crippen LogP contribution in [0.15, 0.2) is 36.4 Å². The van der Waals surface area contributed by atoms with Gasteiger partial charge in [-0.15, -0.1) is 0 Å². The Labute approximate surface area is 155 Å². The van der Waals surface area contributed by atoms with Crippen molar-refractivity contribution in [2.45, 2.75) is 19.8 Å². The molecule has 0 heterocycles. The normalized spacial score (nSPS) is 10.0. The molecule has 0 saturated carbocycles. The topological polar surface area (TPSA) is 96.6 Å². The number of hydrogen-bond acceptors (Lipinski definition) is 6. The third kappa shape index (κ3) is 4.98. The van der Waals surface area contributed by atoms with E-state index in [1.54, 1.807) is 31.2 Å². The van der Waals surface area contributed by atoms with Gasteiger partial charge in [0.2, 0.25) is 0 Å². The van der Waals surface area contributed by atoms with Gasteiger partial charge in [0, 0.05) is 17.5 Å². The Morgan fingerprint density at radius 1 is 1.19 bits per heavy atom. The van der Waals surface area contributed by atoms with Gasteiger partial charge in [-0.3, -0.25) is 9.59 Å². The van der Waals surface area contributed by atoms with E-state index in [1.807, 2.05) is 6.07 Å². The van der Waals surface area contributed by atoms with Crippen molar-refractivity contribution in [2.24, 2.45) is 0 Å². The Bertz CT molecular complexity index is 873. The molecule has 26 heavy (non-hydrogen) atoms. The summed E-state index contributed by atoms with van der Waals surface area (Å²) in [5.74, 6) is -0.839. The predicted molar refractivity (Wildman–Crippen MR) is 94.5 cm³/mol. The smallest absolute Gasteiger partial charge is 0.306 e. The van der Waals surface area contributed by atoms with Gasteiger partial charge < -0.3 is 14.6 Å². The lowest BCUT2D eigenvalue weighted by Crippen LogP contribution is -2.08. The highest BCUT2D eigenvalue weighted by Crippen LogP contribution is 2.32. The monoisotopic (exact) mass is 373 g/mol. The van der Waals surface area contributed by atoms with Crippen LogP contribution >= 0.6 is 11.6 Å². The number of esters is 1. The number of carbonyl (C=O) groups is 2. The lowest BCUT2D eigenvalue weighted by Gasteiger charge is -2.11. The van der Waals surface area contributed by atoms with Crippen molar-refractivity contribution in [2.75, 3.05) is 6.61 Å². The minimum atomic E-state index is -0.507. The Morgan fingerprint density at radius 2 is 1.96 bits per heavy atom. The second-order valence-corrected chi connectivity index (χ2v) is 5.70. The summed E-state index contributed by atoms with van der Waals surface area (Å²) >= 11 is 5.90. The minimum Gasteiger partial charge on any atom is -0.506 e. The fourth-order valence-corrected chi connectivity index (χ4v) is 2.39. The van der Waals surface area contributed by atoms with Crippen LogP contribution in [0.2, 0.25) is 5.02 Å². The molecule has 7 heteroatoms. The van der Waals surface area contributed by atoms with Gasteiger partial charge in [-0.25, -0.2) is 0 Å². The van der Waals surface area contributed by atoms with Crippen LogP contribution in [0.25, 0.3) is 0 Å². The lowest BCUT2D eigenvalue weighted by atomic mass is 10.0. The zero-order valence-electron chi connectivity index (χ0n) is 14.0. The SMILES string of the molecule is CCOC(=O)CCC(=O)c1cc(Oc2cccc(Cl)c2)cc(C#N)c1O. The maximum absolute atomic E-state index is 12.3. The summed E-state index contributed by atoms with van der Waals surface area (Å²) in [7, 11) is 0. The molecule has 0 aromatic heterocycles. The third-order valence-corrected chi connectivity index (χ3v) is 3.63. The number of carbonyl (C=O) groups excluding carboxylic acids is 2. The van der Waals surface area contributed by atoms with Gasteiger partial charge in [0.25, 0.3) is 0 Å². The first-order valence-electron chi connectivity index (χ1n) is 7.84. The number of hydrogen-bond donors (Lipinski definition) is 1. The van der Waals surface area contributed by atoms with Crippen LogP contribution in [0.3, 0.4) is 0 Å². The molecule has 0 atom stereocenters. The number of rotatable bonds is 7. The number of aromatic hydroxyl groups is 1. The number of nitrogens with zero attached hydrogens (tertiary/aromatic N) is 1. The van der Waals surface area contributed by atoms with Gasteiger partial charge in [-0.2, -0.15) is 5.26 Å². The Morgan fingerprint density at radius 3 is 2.62 bits per heavy atom. The zero-order valence-corrected chi connectivity index (χ0v) is 14.7. The fraction of sp³-hybridized carbons (Fsp3) is 0.211. The highest BCUT2D eigenvalue weighted by atomic mass is 35.5. The molecule has 0 saturated heterocycles. The van der Waals surface area contributed by atoms with Crippen LogP contribution in [0.1, 0.15) is 35.7 Å². The molecule has 2 aromatic rings. The molecular weight excluding hydrogens is 358 g/mol. The van der Waals surface area contributed by atoms with E-state index in [0.29, 0.717) is 10.8 Å². The van der Waals surface area contributed by atoms with Crippen molar-refractivity contribution in [3.63, 3.8) is 0 Å². The van der Waals surface area contributed by atoms with E-state index in [0.717, 1.165) is 0 Å². The number of halogens is 1. The highest BCUT2D eigenvalue weighted by molar-refractivity contribution is 6.30. The number of phenolic OH excluding ortho intramolecular Hbond substituents is 1.